The summed E-state index contributed by atoms with van der Waals surface area (Å²) in [4.78, 5) is 9.54. The number of sulfonamides is 1. The van der Waals surface area contributed by atoms with Crippen LogP contribution in [-0.2, 0) is 10.0 Å². The van der Waals surface area contributed by atoms with Gasteiger partial charge in [0.15, 0.2) is 0 Å². The van der Waals surface area contributed by atoms with Crippen molar-refractivity contribution in [3.8, 4) is 0 Å². The lowest BCUT2D eigenvalue weighted by Gasteiger charge is -2.10. The smallest absolute Gasteiger partial charge is 0.307 e. The van der Waals surface area contributed by atoms with Gasteiger partial charge in [-0.2, -0.15) is 0 Å². The topological polar surface area (TPSA) is 110 Å². The van der Waals surface area contributed by atoms with Gasteiger partial charge in [-0.25, -0.2) is 13.1 Å². The molecule has 0 spiro atoms. The minimum atomic E-state index is -4.02. The molecule has 1 aromatic rings. The van der Waals surface area contributed by atoms with Crippen LogP contribution in [0.4, 0.5) is 5.69 Å². The van der Waals surface area contributed by atoms with Crippen molar-refractivity contribution >= 4 is 38.9 Å². The molecule has 1 unspecified atom stereocenters. The third-order valence-electron chi connectivity index (χ3n) is 2.36. The highest BCUT2D eigenvalue weighted by Crippen LogP contribution is 2.36. The molecule has 0 aliphatic heterocycles. The van der Waals surface area contributed by atoms with Crippen molar-refractivity contribution in [1.29, 1.82) is 0 Å². The number of nitro benzene ring substituents is 1. The number of halogens is 2. The van der Waals surface area contributed by atoms with E-state index in [-0.39, 0.29) is 18.0 Å². The lowest BCUT2D eigenvalue weighted by atomic mass is 10.3. The van der Waals surface area contributed by atoms with Crippen LogP contribution in [0.15, 0.2) is 17.0 Å². The molecule has 0 aliphatic carbocycles. The summed E-state index contributed by atoms with van der Waals surface area (Å²) in [6.45, 7) is 1.49. The third-order valence-corrected chi connectivity index (χ3v) is 4.66. The van der Waals surface area contributed by atoms with E-state index >= 15 is 0 Å². The lowest BCUT2D eigenvalue weighted by molar-refractivity contribution is -0.384. The molecule has 2 N–H and O–H groups in total. The number of nitrogens with one attached hydrogen (secondary N) is 1. The van der Waals surface area contributed by atoms with Crippen molar-refractivity contribution in [1.82, 2.24) is 4.72 Å². The summed E-state index contributed by atoms with van der Waals surface area (Å²) >= 11 is 11.4. The van der Waals surface area contributed by atoms with Crippen LogP contribution in [0.2, 0.25) is 10.0 Å². The van der Waals surface area contributed by atoms with E-state index in [2.05, 4.69) is 4.72 Å². The molecule has 0 bridgehead atoms. The minimum absolute atomic E-state index is 0.0211. The van der Waals surface area contributed by atoms with Crippen LogP contribution >= 0.6 is 23.2 Å². The molecule has 0 aliphatic rings. The first-order valence-corrected chi connectivity index (χ1v) is 7.71. The number of benzene rings is 1. The van der Waals surface area contributed by atoms with Gasteiger partial charge >= 0.3 is 5.69 Å². The van der Waals surface area contributed by atoms with Crippen LogP contribution in [0, 0.1) is 10.1 Å². The first-order valence-electron chi connectivity index (χ1n) is 5.47. The second kappa shape index (κ2) is 6.68. The summed E-state index contributed by atoms with van der Waals surface area (Å²) in [5, 5.41) is 19.1. The molecule has 0 aromatic heterocycles. The van der Waals surface area contributed by atoms with E-state index in [0.29, 0.717) is 0 Å². The van der Waals surface area contributed by atoms with E-state index in [9.17, 15) is 18.5 Å². The predicted octanol–water partition coefficient (Wildman–Crippen LogP) is 1.95. The molecule has 0 heterocycles. The van der Waals surface area contributed by atoms with Crippen molar-refractivity contribution in [3.63, 3.8) is 0 Å². The van der Waals surface area contributed by atoms with Crippen LogP contribution in [0.1, 0.15) is 13.3 Å². The molecule has 112 valence electrons. The maximum absolute atomic E-state index is 12.0. The van der Waals surface area contributed by atoms with Gasteiger partial charge in [0, 0.05) is 6.54 Å². The molecule has 0 saturated heterocycles. The van der Waals surface area contributed by atoms with Crippen LogP contribution in [0.5, 0.6) is 0 Å². The maximum Gasteiger partial charge on any atom is 0.307 e. The SMILES string of the molecule is CC(O)CCNS(=O)(=O)c1ccc(Cl)c([N+](=O)[O-])c1Cl. The fourth-order valence-corrected chi connectivity index (χ4v) is 3.31. The molecule has 1 aromatic carbocycles. The van der Waals surface area contributed by atoms with E-state index in [0.717, 1.165) is 12.1 Å². The molecule has 0 amide bonds. The van der Waals surface area contributed by atoms with Crippen molar-refractivity contribution in [2.75, 3.05) is 6.54 Å². The Bertz CT molecular complexity index is 618. The number of aliphatic hydroxyl groups excluding tert-OH is 1. The van der Waals surface area contributed by atoms with Gasteiger partial charge in [-0.05, 0) is 25.5 Å². The second-order valence-electron chi connectivity index (χ2n) is 4.00. The van der Waals surface area contributed by atoms with Gasteiger partial charge in [-0.3, -0.25) is 10.1 Å². The number of rotatable bonds is 6. The molecular weight excluding hydrogens is 331 g/mol. The summed E-state index contributed by atoms with van der Waals surface area (Å²) in [6, 6.07) is 2.18. The molecule has 1 atom stereocenters. The first kappa shape index (κ1) is 17.1. The Balaban J connectivity index is 3.13. The summed E-state index contributed by atoms with van der Waals surface area (Å²) in [5.74, 6) is 0. The molecule has 1 rings (SSSR count). The summed E-state index contributed by atoms with van der Waals surface area (Å²) < 4.78 is 26.2. The normalized spacial score (nSPS) is 13.2. The van der Waals surface area contributed by atoms with E-state index in [1.165, 1.54) is 6.92 Å². The monoisotopic (exact) mass is 342 g/mol. The molecule has 7 nitrogen and oxygen atoms in total. The lowest BCUT2D eigenvalue weighted by Crippen LogP contribution is -2.27. The zero-order valence-electron chi connectivity index (χ0n) is 10.3. The van der Waals surface area contributed by atoms with Crippen LogP contribution in [-0.4, -0.2) is 31.1 Å². The van der Waals surface area contributed by atoms with E-state index in [1.54, 1.807) is 0 Å². The van der Waals surface area contributed by atoms with Gasteiger partial charge in [-0.1, -0.05) is 23.2 Å². The highest BCUT2D eigenvalue weighted by molar-refractivity contribution is 7.89. The number of nitro groups is 1. The van der Waals surface area contributed by atoms with Gasteiger partial charge in [0.05, 0.1) is 11.0 Å². The summed E-state index contributed by atoms with van der Waals surface area (Å²) in [7, 11) is -4.02. The van der Waals surface area contributed by atoms with Gasteiger partial charge in [0.1, 0.15) is 14.9 Å². The summed E-state index contributed by atoms with van der Waals surface area (Å²) in [6.07, 6.45) is -0.472. The Hall–Kier alpha value is -0.930. The zero-order chi connectivity index (χ0) is 15.5. The predicted molar refractivity (Wildman–Crippen MR) is 74.6 cm³/mol. The largest absolute Gasteiger partial charge is 0.393 e. The second-order valence-corrected chi connectivity index (χ2v) is 6.52. The number of nitrogens with zero attached hydrogens (tertiary/aromatic N) is 1. The van der Waals surface area contributed by atoms with E-state index < -0.39 is 36.7 Å². The van der Waals surface area contributed by atoms with Crippen molar-refractivity contribution < 1.29 is 18.4 Å². The molecule has 20 heavy (non-hydrogen) atoms. The highest BCUT2D eigenvalue weighted by Gasteiger charge is 2.27. The van der Waals surface area contributed by atoms with Crippen molar-refractivity contribution in [2.24, 2.45) is 0 Å². The fourth-order valence-electron chi connectivity index (χ4n) is 1.38. The van der Waals surface area contributed by atoms with Crippen LogP contribution in [0.3, 0.4) is 0 Å². The Kier molecular flexibility index (Phi) is 5.72. The average Bonchev–Trinajstić information content (AvgIpc) is 2.26. The molecule has 10 heteroatoms. The Morgan fingerprint density at radius 2 is 2.05 bits per heavy atom. The number of hydrogen-bond acceptors (Lipinski definition) is 5. The Morgan fingerprint density at radius 1 is 1.45 bits per heavy atom. The Morgan fingerprint density at radius 3 is 2.55 bits per heavy atom. The average molecular weight is 343 g/mol. The molecule has 0 saturated carbocycles. The Labute approximate surface area is 125 Å². The standard InChI is InChI=1S/C10H12Cl2N2O5S/c1-6(15)4-5-13-20(18,19)8-3-2-7(11)10(9(8)12)14(16)17/h2-3,6,13,15H,4-5H2,1H3. The highest BCUT2D eigenvalue weighted by atomic mass is 35.5. The minimum Gasteiger partial charge on any atom is -0.393 e. The van der Waals surface area contributed by atoms with Crippen LogP contribution < -0.4 is 4.72 Å². The third kappa shape index (κ3) is 4.03. The molecule has 0 fully saturated rings. The maximum atomic E-state index is 12.0. The van der Waals surface area contributed by atoms with Gasteiger partial charge in [0.25, 0.3) is 0 Å². The van der Waals surface area contributed by atoms with E-state index in [4.69, 9.17) is 28.3 Å². The van der Waals surface area contributed by atoms with Crippen LogP contribution in [0.25, 0.3) is 0 Å². The number of hydrogen-bond donors (Lipinski definition) is 2. The fraction of sp³-hybridized carbons (Fsp3) is 0.400. The van der Waals surface area contributed by atoms with Gasteiger partial charge < -0.3 is 5.11 Å². The number of aliphatic hydroxyl groups is 1. The quantitative estimate of drug-likeness (QED) is 0.606. The molecular formula is C10H12Cl2N2O5S. The van der Waals surface area contributed by atoms with Crippen molar-refractivity contribution in [3.05, 3.63) is 32.3 Å². The first-order chi connectivity index (χ1) is 9.16. The molecule has 0 radical (unpaired) electrons. The summed E-state index contributed by atoms with van der Waals surface area (Å²) in [5.41, 5.74) is -0.660. The van der Waals surface area contributed by atoms with Gasteiger partial charge in [-0.15, -0.1) is 0 Å². The van der Waals surface area contributed by atoms with E-state index in [1.807, 2.05) is 0 Å². The van der Waals surface area contributed by atoms with Crippen molar-refractivity contribution in [2.45, 2.75) is 24.3 Å². The van der Waals surface area contributed by atoms with Gasteiger partial charge in [0.2, 0.25) is 10.0 Å². The zero-order valence-corrected chi connectivity index (χ0v) is 12.7.